The van der Waals surface area contributed by atoms with Gasteiger partial charge in [0, 0.05) is 42.7 Å². The molecule has 1 heterocycles. The summed E-state index contributed by atoms with van der Waals surface area (Å²) in [6, 6.07) is 3.67. The molecule has 0 amide bonds. The molecule has 0 spiro atoms. The van der Waals surface area contributed by atoms with Gasteiger partial charge in [-0.2, -0.15) is 0 Å². The number of hydrogen-bond acceptors (Lipinski definition) is 6. The maximum atomic E-state index is 5.50. The molecule has 0 saturated carbocycles. The number of rotatable bonds is 10. The average molecular weight is 534 g/mol. The van der Waals surface area contributed by atoms with Crippen molar-refractivity contribution >= 4 is 41.3 Å². The molecule has 2 aromatic rings. The first-order valence-corrected chi connectivity index (χ1v) is 10.2. The van der Waals surface area contributed by atoms with Gasteiger partial charge in [0.1, 0.15) is 17.2 Å². The van der Waals surface area contributed by atoms with Crippen molar-refractivity contribution < 1.29 is 14.2 Å². The Morgan fingerprint density at radius 2 is 1.76 bits per heavy atom. The van der Waals surface area contributed by atoms with Gasteiger partial charge in [-0.3, -0.25) is 0 Å². The van der Waals surface area contributed by atoms with Gasteiger partial charge in [0.25, 0.3) is 0 Å². The summed E-state index contributed by atoms with van der Waals surface area (Å²) in [5, 5.41) is 7.77. The predicted molar refractivity (Wildman–Crippen MR) is 130 cm³/mol. The Labute approximate surface area is 194 Å². The van der Waals surface area contributed by atoms with Crippen molar-refractivity contribution in [2.75, 3.05) is 34.4 Å². The zero-order chi connectivity index (χ0) is 20.4. The van der Waals surface area contributed by atoms with Crippen LogP contribution in [0.4, 0.5) is 0 Å². The van der Waals surface area contributed by atoms with Crippen molar-refractivity contribution in [2.24, 2.45) is 4.99 Å². The summed E-state index contributed by atoms with van der Waals surface area (Å²) >= 11 is 1.77. The normalized spacial score (nSPS) is 10.9. The molecule has 0 radical (unpaired) electrons. The zero-order valence-electron chi connectivity index (χ0n) is 17.7. The van der Waals surface area contributed by atoms with E-state index in [0.717, 1.165) is 42.5 Å². The molecule has 9 heteroatoms. The van der Waals surface area contributed by atoms with Crippen LogP contribution in [0.3, 0.4) is 0 Å². The minimum atomic E-state index is 0. The second-order valence-corrected chi connectivity index (χ2v) is 7.16. The van der Waals surface area contributed by atoms with Crippen LogP contribution in [0.1, 0.15) is 29.3 Å². The number of thiazole rings is 1. The first kappa shape index (κ1) is 25.3. The van der Waals surface area contributed by atoms with Gasteiger partial charge in [0.2, 0.25) is 0 Å². The van der Waals surface area contributed by atoms with E-state index in [1.807, 2.05) is 25.3 Å². The standard InChI is InChI=1S/C20H30N4O3S.HI/c1-6-15-12-23-19(28-15)8-9-22-20(21-7-2)24-13-16-17(26-4)10-14(25-3)11-18(16)27-5;/h10-12H,6-9,13H2,1-5H3,(H2,21,22,24);1H. The second kappa shape index (κ2) is 13.5. The molecule has 0 unspecified atom stereocenters. The van der Waals surface area contributed by atoms with Crippen LogP contribution >= 0.6 is 35.3 Å². The molecule has 0 aliphatic rings. The lowest BCUT2D eigenvalue weighted by Crippen LogP contribution is -2.38. The quantitative estimate of drug-likeness (QED) is 0.276. The SMILES string of the molecule is CCNC(=NCc1c(OC)cc(OC)cc1OC)NCCc1ncc(CC)s1.I. The number of nitrogens with zero attached hydrogens (tertiary/aromatic N) is 2. The molecule has 29 heavy (non-hydrogen) atoms. The number of aromatic nitrogens is 1. The maximum Gasteiger partial charge on any atom is 0.191 e. The van der Waals surface area contributed by atoms with Crippen LogP contribution in [0.2, 0.25) is 0 Å². The van der Waals surface area contributed by atoms with Crippen molar-refractivity contribution in [3.05, 3.63) is 33.8 Å². The number of guanidine groups is 1. The van der Waals surface area contributed by atoms with Crippen molar-refractivity contribution in [2.45, 2.75) is 33.2 Å². The Morgan fingerprint density at radius 3 is 2.28 bits per heavy atom. The number of nitrogens with one attached hydrogen (secondary N) is 2. The van der Waals surface area contributed by atoms with Gasteiger partial charge >= 0.3 is 0 Å². The van der Waals surface area contributed by atoms with Crippen molar-refractivity contribution in [3.63, 3.8) is 0 Å². The lowest BCUT2D eigenvalue weighted by Gasteiger charge is -2.15. The monoisotopic (exact) mass is 534 g/mol. The minimum absolute atomic E-state index is 0. The number of halogens is 1. The van der Waals surface area contributed by atoms with Crippen LogP contribution in [0, 0.1) is 0 Å². The number of aliphatic imine (C=N–C) groups is 1. The summed E-state index contributed by atoms with van der Waals surface area (Å²) in [4.78, 5) is 10.5. The first-order chi connectivity index (χ1) is 13.6. The van der Waals surface area contributed by atoms with Crippen LogP contribution in [0.15, 0.2) is 23.3 Å². The third-order valence-corrected chi connectivity index (χ3v) is 5.34. The van der Waals surface area contributed by atoms with E-state index in [0.29, 0.717) is 23.8 Å². The maximum absolute atomic E-state index is 5.50. The summed E-state index contributed by atoms with van der Waals surface area (Å²) < 4.78 is 16.3. The summed E-state index contributed by atoms with van der Waals surface area (Å²) in [5.41, 5.74) is 0.871. The topological polar surface area (TPSA) is 77.0 Å². The van der Waals surface area contributed by atoms with Gasteiger partial charge in [-0.1, -0.05) is 6.92 Å². The Bertz CT molecular complexity index is 758. The first-order valence-electron chi connectivity index (χ1n) is 9.39. The van der Waals surface area contributed by atoms with E-state index in [1.165, 1.54) is 4.88 Å². The van der Waals surface area contributed by atoms with Crippen molar-refractivity contribution in [3.8, 4) is 17.2 Å². The molecule has 2 N–H and O–H groups in total. The molecule has 1 aromatic heterocycles. The van der Waals surface area contributed by atoms with Gasteiger partial charge in [-0.15, -0.1) is 35.3 Å². The predicted octanol–water partition coefficient (Wildman–Crippen LogP) is 3.65. The molecule has 0 atom stereocenters. The number of methoxy groups -OCH3 is 3. The highest BCUT2D eigenvalue weighted by Gasteiger charge is 2.13. The molecule has 0 aliphatic heterocycles. The fourth-order valence-electron chi connectivity index (χ4n) is 2.65. The summed E-state index contributed by atoms with van der Waals surface area (Å²) in [5.74, 6) is 2.80. The van der Waals surface area contributed by atoms with Crippen molar-refractivity contribution in [1.29, 1.82) is 0 Å². The summed E-state index contributed by atoms with van der Waals surface area (Å²) in [6.07, 6.45) is 3.85. The van der Waals surface area contributed by atoms with Crippen LogP contribution in [-0.4, -0.2) is 45.4 Å². The van der Waals surface area contributed by atoms with Crippen LogP contribution < -0.4 is 24.8 Å². The van der Waals surface area contributed by atoms with Gasteiger partial charge in [0.05, 0.1) is 38.4 Å². The highest BCUT2D eigenvalue weighted by Crippen LogP contribution is 2.34. The molecular weight excluding hydrogens is 503 g/mol. The fourth-order valence-corrected chi connectivity index (χ4v) is 3.51. The molecule has 0 bridgehead atoms. The highest BCUT2D eigenvalue weighted by molar-refractivity contribution is 14.0. The van der Waals surface area contributed by atoms with E-state index in [4.69, 9.17) is 14.2 Å². The summed E-state index contributed by atoms with van der Waals surface area (Å²) in [7, 11) is 4.87. The third-order valence-electron chi connectivity index (χ3n) is 4.14. The van der Waals surface area contributed by atoms with Crippen molar-refractivity contribution in [1.82, 2.24) is 15.6 Å². The number of hydrogen-bond donors (Lipinski definition) is 2. The molecule has 0 aliphatic carbocycles. The number of ether oxygens (including phenoxy) is 3. The van der Waals surface area contributed by atoms with E-state index < -0.39 is 0 Å². The largest absolute Gasteiger partial charge is 0.496 e. The highest BCUT2D eigenvalue weighted by atomic mass is 127. The van der Waals surface area contributed by atoms with E-state index in [9.17, 15) is 0 Å². The average Bonchev–Trinajstić information content (AvgIpc) is 3.19. The minimum Gasteiger partial charge on any atom is -0.496 e. The van der Waals surface area contributed by atoms with E-state index >= 15 is 0 Å². The van der Waals surface area contributed by atoms with Crippen LogP contribution in [-0.2, 0) is 19.4 Å². The molecule has 7 nitrogen and oxygen atoms in total. The number of benzene rings is 1. The molecule has 2 rings (SSSR count). The van der Waals surface area contributed by atoms with Gasteiger partial charge < -0.3 is 24.8 Å². The van der Waals surface area contributed by atoms with Crippen LogP contribution in [0.25, 0.3) is 0 Å². The molecule has 0 fully saturated rings. The Kier molecular flexibility index (Phi) is 11.7. The lowest BCUT2D eigenvalue weighted by atomic mass is 10.1. The van der Waals surface area contributed by atoms with Crippen LogP contribution in [0.5, 0.6) is 17.2 Å². The van der Waals surface area contributed by atoms with Gasteiger partial charge in [-0.25, -0.2) is 9.98 Å². The van der Waals surface area contributed by atoms with Gasteiger partial charge in [-0.05, 0) is 13.3 Å². The second-order valence-electron chi connectivity index (χ2n) is 5.96. The smallest absolute Gasteiger partial charge is 0.191 e. The molecule has 162 valence electrons. The fraction of sp³-hybridized carbons (Fsp3) is 0.500. The van der Waals surface area contributed by atoms with E-state index in [-0.39, 0.29) is 24.0 Å². The molecule has 0 saturated heterocycles. The van der Waals surface area contributed by atoms with Gasteiger partial charge in [0.15, 0.2) is 5.96 Å². The lowest BCUT2D eigenvalue weighted by molar-refractivity contribution is 0.369. The Morgan fingerprint density at radius 1 is 1.07 bits per heavy atom. The van der Waals surface area contributed by atoms with E-state index in [1.54, 1.807) is 32.7 Å². The Balaban J connectivity index is 0.00000420. The Hall–Kier alpha value is -1.75. The molecular formula is C20H31IN4O3S. The van der Waals surface area contributed by atoms with E-state index in [2.05, 4.69) is 27.5 Å². The molecule has 1 aromatic carbocycles. The zero-order valence-corrected chi connectivity index (χ0v) is 20.9. The summed E-state index contributed by atoms with van der Waals surface area (Å²) in [6.45, 7) is 6.15. The number of aryl methyl sites for hydroxylation is 1. The third kappa shape index (κ3) is 7.54.